The zero-order chi connectivity index (χ0) is 12.3. The van der Waals surface area contributed by atoms with Gasteiger partial charge in [0.2, 0.25) is 0 Å². The van der Waals surface area contributed by atoms with E-state index in [2.05, 4.69) is 51.8 Å². The van der Waals surface area contributed by atoms with Gasteiger partial charge in [0.05, 0.1) is 5.69 Å². The van der Waals surface area contributed by atoms with Gasteiger partial charge in [-0.3, -0.25) is 0 Å². The molecule has 0 aromatic carbocycles. The first-order valence-electron chi connectivity index (χ1n) is 6.58. The van der Waals surface area contributed by atoms with Gasteiger partial charge in [-0.25, -0.2) is 4.98 Å². The zero-order valence-corrected chi connectivity index (χ0v) is 12.3. The number of nitrogens with zero attached hydrogens (tertiary/aromatic N) is 2. The normalized spacial score (nSPS) is 17.5. The molecule has 0 spiro atoms. The molecule has 17 heavy (non-hydrogen) atoms. The van der Waals surface area contributed by atoms with Crippen molar-refractivity contribution in [1.29, 1.82) is 0 Å². The largest absolute Gasteiger partial charge is 0.357 e. The molecule has 1 aliphatic heterocycles. The molecule has 0 radical (unpaired) electrons. The Bertz CT molecular complexity index is 370. The third kappa shape index (κ3) is 3.21. The Hall–Kier alpha value is -0.570. The number of anilines is 1. The molecule has 0 amide bonds. The second kappa shape index (κ2) is 5.85. The fourth-order valence-corrected chi connectivity index (χ4v) is 2.79. The van der Waals surface area contributed by atoms with E-state index in [0.717, 1.165) is 21.9 Å². The molecule has 0 N–H and O–H groups in total. The highest BCUT2D eigenvalue weighted by molar-refractivity contribution is 9.10. The minimum atomic E-state index is 0.938. The minimum absolute atomic E-state index is 0.938. The molecule has 2 heterocycles. The lowest BCUT2D eigenvalue weighted by atomic mass is 9.92. The second-order valence-electron chi connectivity index (χ2n) is 4.96. The van der Waals surface area contributed by atoms with Crippen LogP contribution in [-0.2, 0) is 0 Å². The molecule has 1 saturated heterocycles. The average molecular weight is 297 g/mol. The molecular formula is C14H21BrN2. The summed E-state index contributed by atoms with van der Waals surface area (Å²) in [5.74, 6) is 2.08. The first-order valence-corrected chi connectivity index (χ1v) is 7.38. The number of hydrogen-bond acceptors (Lipinski definition) is 2. The van der Waals surface area contributed by atoms with E-state index in [1.54, 1.807) is 0 Å². The second-order valence-corrected chi connectivity index (χ2v) is 5.81. The van der Waals surface area contributed by atoms with E-state index < -0.39 is 0 Å². The highest BCUT2D eigenvalue weighted by Gasteiger charge is 2.19. The maximum atomic E-state index is 4.65. The third-order valence-corrected chi connectivity index (χ3v) is 4.48. The molecular weight excluding hydrogens is 276 g/mol. The Morgan fingerprint density at radius 2 is 2.06 bits per heavy atom. The first-order chi connectivity index (χ1) is 8.20. The van der Waals surface area contributed by atoms with E-state index in [1.807, 2.05) is 0 Å². The van der Waals surface area contributed by atoms with Crippen molar-refractivity contribution in [2.75, 3.05) is 18.0 Å². The Balaban J connectivity index is 1.98. The number of pyridine rings is 1. The van der Waals surface area contributed by atoms with Gasteiger partial charge in [0.1, 0.15) is 5.82 Å². The van der Waals surface area contributed by atoms with Gasteiger partial charge in [-0.2, -0.15) is 0 Å². The van der Waals surface area contributed by atoms with Crippen molar-refractivity contribution < 1.29 is 0 Å². The SMILES string of the molecule is CCCC1CCN(c2ccc(Br)c(C)n2)CC1. The smallest absolute Gasteiger partial charge is 0.128 e. The predicted molar refractivity (Wildman–Crippen MR) is 76.5 cm³/mol. The van der Waals surface area contributed by atoms with Crippen molar-refractivity contribution in [3.63, 3.8) is 0 Å². The van der Waals surface area contributed by atoms with E-state index in [1.165, 1.54) is 38.8 Å². The molecule has 1 aromatic rings. The molecule has 3 heteroatoms. The van der Waals surface area contributed by atoms with Crippen molar-refractivity contribution in [2.24, 2.45) is 5.92 Å². The number of aryl methyl sites for hydroxylation is 1. The molecule has 2 nitrogen and oxygen atoms in total. The van der Waals surface area contributed by atoms with Crippen molar-refractivity contribution >= 4 is 21.7 Å². The summed E-state index contributed by atoms with van der Waals surface area (Å²) >= 11 is 3.50. The van der Waals surface area contributed by atoms with Gasteiger partial charge in [-0.15, -0.1) is 0 Å². The summed E-state index contributed by atoms with van der Waals surface area (Å²) in [5.41, 5.74) is 1.08. The molecule has 0 bridgehead atoms. The highest BCUT2D eigenvalue weighted by atomic mass is 79.9. The molecule has 0 saturated carbocycles. The highest BCUT2D eigenvalue weighted by Crippen LogP contribution is 2.26. The lowest BCUT2D eigenvalue weighted by Gasteiger charge is -2.33. The molecule has 1 aliphatic rings. The van der Waals surface area contributed by atoms with Crippen molar-refractivity contribution in [3.8, 4) is 0 Å². The van der Waals surface area contributed by atoms with E-state index in [9.17, 15) is 0 Å². The Labute approximate surface area is 113 Å². The van der Waals surface area contributed by atoms with Gasteiger partial charge in [0.15, 0.2) is 0 Å². The van der Waals surface area contributed by atoms with Gasteiger partial charge >= 0.3 is 0 Å². The third-order valence-electron chi connectivity index (χ3n) is 3.64. The van der Waals surface area contributed by atoms with E-state index in [0.29, 0.717) is 0 Å². The van der Waals surface area contributed by atoms with Crippen LogP contribution in [0.4, 0.5) is 5.82 Å². The standard InChI is InChI=1S/C14H21BrN2/c1-3-4-12-7-9-17(10-8-12)14-6-5-13(15)11(2)16-14/h5-6,12H,3-4,7-10H2,1-2H3. The number of aromatic nitrogens is 1. The van der Waals surface area contributed by atoms with Crippen LogP contribution in [0.25, 0.3) is 0 Å². The zero-order valence-electron chi connectivity index (χ0n) is 10.7. The topological polar surface area (TPSA) is 16.1 Å². The Kier molecular flexibility index (Phi) is 4.43. The van der Waals surface area contributed by atoms with E-state index in [-0.39, 0.29) is 0 Å². The number of rotatable bonds is 3. The van der Waals surface area contributed by atoms with E-state index in [4.69, 9.17) is 0 Å². The number of hydrogen-bond donors (Lipinski definition) is 0. The summed E-state index contributed by atoms with van der Waals surface area (Å²) < 4.78 is 1.10. The summed E-state index contributed by atoms with van der Waals surface area (Å²) in [6, 6.07) is 4.23. The Morgan fingerprint density at radius 3 is 2.65 bits per heavy atom. The van der Waals surface area contributed by atoms with Crippen LogP contribution < -0.4 is 4.90 Å². The quantitative estimate of drug-likeness (QED) is 0.832. The molecule has 0 unspecified atom stereocenters. The van der Waals surface area contributed by atoms with Gasteiger partial charge in [0.25, 0.3) is 0 Å². The number of halogens is 1. The van der Waals surface area contributed by atoms with Gasteiger partial charge in [0, 0.05) is 17.6 Å². The van der Waals surface area contributed by atoms with Crippen LogP contribution in [0.3, 0.4) is 0 Å². The summed E-state index contributed by atoms with van der Waals surface area (Å²) in [5, 5.41) is 0. The van der Waals surface area contributed by atoms with Crippen LogP contribution in [-0.4, -0.2) is 18.1 Å². The first kappa shape index (κ1) is 12.9. The Morgan fingerprint density at radius 1 is 1.35 bits per heavy atom. The summed E-state index contributed by atoms with van der Waals surface area (Å²) in [6.07, 6.45) is 5.36. The summed E-state index contributed by atoms with van der Waals surface area (Å²) in [7, 11) is 0. The van der Waals surface area contributed by atoms with Crippen molar-refractivity contribution in [1.82, 2.24) is 4.98 Å². The lowest BCUT2D eigenvalue weighted by molar-refractivity contribution is 0.377. The predicted octanol–water partition coefficient (Wildman–Crippen LogP) is 4.17. The molecule has 0 atom stereocenters. The number of piperidine rings is 1. The van der Waals surface area contributed by atoms with Gasteiger partial charge in [-0.05, 0) is 53.7 Å². The lowest BCUT2D eigenvalue weighted by Crippen LogP contribution is -2.34. The van der Waals surface area contributed by atoms with Crippen LogP contribution in [0.5, 0.6) is 0 Å². The minimum Gasteiger partial charge on any atom is -0.357 e. The monoisotopic (exact) mass is 296 g/mol. The van der Waals surface area contributed by atoms with E-state index >= 15 is 0 Å². The van der Waals surface area contributed by atoms with Crippen LogP contribution in [0.1, 0.15) is 38.3 Å². The average Bonchev–Trinajstić information content (AvgIpc) is 2.34. The molecule has 2 rings (SSSR count). The molecule has 1 fully saturated rings. The van der Waals surface area contributed by atoms with Crippen LogP contribution in [0.2, 0.25) is 0 Å². The summed E-state index contributed by atoms with van der Waals surface area (Å²) in [6.45, 7) is 6.67. The van der Waals surface area contributed by atoms with Gasteiger partial charge in [-0.1, -0.05) is 19.8 Å². The molecule has 1 aromatic heterocycles. The fourth-order valence-electron chi connectivity index (χ4n) is 2.57. The van der Waals surface area contributed by atoms with Crippen LogP contribution >= 0.6 is 15.9 Å². The fraction of sp³-hybridized carbons (Fsp3) is 0.643. The summed E-state index contributed by atoms with van der Waals surface area (Å²) in [4.78, 5) is 7.07. The van der Waals surface area contributed by atoms with Gasteiger partial charge < -0.3 is 4.90 Å². The molecule has 0 aliphatic carbocycles. The van der Waals surface area contributed by atoms with Crippen molar-refractivity contribution in [3.05, 3.63) is 22.3 Å². The van der Waals surface area contributed by atoms with Crippen molar-refractivity contribution in [2.45, 2.75) is 39.5 Å². The maximum absolute atomic E-state index is 4.65. The maximum Gasteiger partial charge on any atom is 0.128 e. The van der Waals surface area contributed by atoms with Crippen LogP contribution in [0.15, 0.2) is 16.6 Å². The molecule has 94 valence electrons. The van der Waals surface area contributed by atoms with Crippen LogP contribution in [0, 0.1) is 12.8 Å².